The highest BCUT2D eigenvalue weighted by Gasteiger charge is 2.74. The fourth-order valence-electron chi connectivity index (χ4n) is 6.29. The third-order valence-corrected chi connectivity index (χ3v) is 7.23. The van der Waals surface area contributed by atoms with Crippen LogP contribution in [0.1, 0.15) is 31.7 Å². The van der Waals surface area contributed by atoms with Crippen LogP contribution in [0.2, 0.25) is 0 Å². The molecule has 7 rings (SSSR count). The van der Waals surface area contributed by atoms with Crippen molar-refractivity contribution in [3.63, 3.8) is 0 Å². The van der Waals surface area contributed by atoms with E-state index < -0.39 is 0 Å². The lowest BCUT2D eigenvalue weighted by Crippen LogP contribution is -2.74. The van der Waals surface area contributed by atoms with Gasteiger partial charge in [0.2, 0.25) is 0 Å². The molecule has 4 nitrogen and oxygen atoms in total. The topological polar surface area (TPSA) is 51.0 Å². The number of benzene rings is 1. The Hall–Kier alpha value is -1.97. The molecule has 2 saturated heterocycles. The first-order valence-electron chi connectivity index (χ1n) is 8.64. The van der Waals surface area contributed by atoms with Gasteiger partial charge in [0, 0.05) is 18.1 Å². The maximum Gasteiger partial charge on any atom is 0.310 e. The molecule has 2 saturated carbocycles. The minimum Gasteiger partial charge on any atom is -0.461 e. The second-order valence-electron chi connectivity index (χ2n) is 7.69. The quantitative estimate of drug-likeness (QED) is 0.749. The fraction of sp³-hybridized carbons (Fsp3) is 0.526. The zero-order valence-corrected chi connectivity index (χ0v) is 13.0. The summed E-state index contributed by atoms with van der Waals surface area (Å²) in [5.74, 6) is 0.256. The lowest BCUT2D eigenvalue weighted by molar-refractivity contribution is -0.206. The first-order valence-corrected chi connectivity index (χ1v) is 8.64. The molecular weight excluding hydrogens is 288 g/mol. The number of para-hydroxylation sites is 1. The van der Waals surface area contributed by atoms with Crippen LogP contribution in [0.4, 0.5) is 5.69 Å². The highest BCUT2D eigenvalue weighted by atomic mass is 16.5. The number of hydrogen-bond donors (Lipinski definition) is 0. The zero-order valence-electron chi connectivity index (χ0n) is 13.0. The Bertz CT molecular complexity index is 828. The largest absolute Gasteiger partial charge is 0.461 e. The molecular formula is C19H18N2O2. The van der Waals surface area contributed by atoms with Gasteiger partial charge >= 0.3 is 5.97 Å². The van der Waals surface area contributed by atoms with Crippen LogP contribution in [-0.4, -0.2) is 30.0 Å². The van der Waals surface area contributed by atoms with Crippen molar-refractivity contribution < 1.29 is 9.53 Å². The Labute approximate surface area is 134 Å². The van der Waals surface area contributed by atoms with Gasteiger partial charge in [0.05, 0.1) is 28.8 Å². The summed E-state index contributed by atoms with van der Waals surface area (Å²) in [7, 11) is 0. The Morgan fingerprint density at radius 1 is 1.35 bits per heavy atom. The lowest BCUT2D eigenvalue weighted by atomic mass is 9.41. The van der Waals surface area contributed by atoms with Crippen molar-refractivity contribution in [3.05, 3.63) is 29.8 Å². The van der Waals surface area contributed by atoms with Crippen LogP contribution in [0.15, 0.2) is 34.3 Å². The van der Waals surface area contributed by atoms with Gasteiger partial charge in [-0.2, -0.15) is 0 Å². The van der Waals surface area contributed by atoms with Crippen LogP contribution in [0.25, 0.3) is 0 Å². The summed E-state index contributed by atoms with van der Waals surface area (Å²) in [5, 5.41) is 0. The van der Waals surface area contributed by atoms with Crippen molar-refractivity contribution in [2.75, 3.05) is 0 Å². The van der Waals surface area contributed by atoms with E-state index in [1.165, 1.54) is 5.56 Å². The molecule has 0 amide bonds. The van der Waals surface area contributed by atoms with E-state index in [2.05, 4.69) is 31.3 Å². The van der Waals surface area contributed by atoms with Crippen molar-refractivity contribution >= 4 is 23.6 Å². The van der Waals surface area contributed by atoms with Crippen LogP contribution in [0.3, 0.4) is 0 Å². The van der Waals surface area contributed by atoms with E-state index in [0.717, 1.165) is 30.7 Å². The van der Waals surface area contributed by atoms with Gasteiger partial charge in [-0.05, 0) is 30.4 Å². The molecule has 23 heavy (non-hydrogen) atoms. The Kier molecular flexibility index (Phi) is 1.94. The Morgan fingerprint density at radius 3 is 3.09 bits per heavy atom. The predicted molar refractivity (Wildman–Crippen MR) is 86.3 cm³/mol. The number of esters is 1. The molecule has 5 bridgehead atoms. The van der Waals surface area contributed by atoms with Crippen LogP contribution in [0.5, 0.6) is 0 Å². The number of rotatable bonds is 1. The van der Waals surface area contributed by atoms with Crippen molar-refractivity contribution in [3.8, 4) is 0 Å². The third kappa shape index (κ3) is 1.10. The molecule has 4 heteroatoms. The summed E-state index contributed by atoms with van der Waals surface area (Å²) < 4.78 is 5.88. The summed E-state index contributed by atoms with van der Waals surface area (Å²) in [4.78, 5) is 22.7. The van der Waals surface area contributed by atoms with Crippen LogP contribution in [-0.2, 0) is 14.9 Å². The number of fused-ring (bicyclic) bond motifs is 4. The first kappa shape index (κ1) is 12.5. The molecule has 0 radical (unpaired) electrons. The van der Waals surface area contributed by atoms with E-state index in [9.17, 15) is 4.79 Å². The van der Waals surface area contributed by atoms with E-state index in [1.807, 2.05) is 6.07 Å². The minimum absolute atomic E-state index is 0.00604. The van der Waals surface area contributed by atoms with E-state index in [4.69, 9.17) is 14.7 Å². The van der Waals surface area contributed by atoms with Gasteiger partial charge in [0.15, 0.2) is 0 Å². The zero-order chi connectivity index (χ0) is 15.4. The molecule has 1 aromatic rings. The van der Waals surface area contributed by atoms with Crippen LogP contribution >= 0.6 is 0 Å². The van der Waals surface area contributed by atoms with Gasteiger partial charge in [-0.25, -0.2) is 0 Å². The molecule has 6 aliphatic rings. The highest BCUT2D eigenvalue weighted by Crippen LogP contribution is 2.68. The van der Waals surface area contributed by atoms with E-state index in [1.54, 1.807) is 0 Å². The normalized spacial score (nSPS) is 47.2. The molecule has 1 spiro atoms. The molecule has 4 fully saturated rings. The average Bonchev–Trinajstić information content (AvgIpc) is 2.89. The SMILES string of the molecule is CC[C@@]12C=N[C@H]3C[C@@H]1[C@H]1C(=O)O[C@@H]2C[C@@]12C3=Nc1ccccc12. The molecule has 116 valence electrons. The molecule has 4 heterocycles. The smallest absolute Gasteiger partial charge is 0.310 e. The minimum atomic E-state index is -0.249. The highest BCUT2D eigenvalue weighted by molar-refractivity contribution is 6.11. The fourth-order valence-corrected chi connectivity index (χ4v) is 6.29. The number of carbonyl (C=O) groups is 1. The molecule has 4 aliphatic heterocycles. The molecule has 1 aromatic carbocycles. The standard InChI is InChI=1S/C19H18N2O2/c1-2-18-9-20-13-7-11(18)15-17(22)23-14(18)8-19(15)10-5-3-4-6-12(10)21-16(13)19/h3-6,9,11,13-15H,2,7-8H2,1H3/t11-,13+,14-,15+,18-,19+/m1/s1. The third-order valence-electron chi connectivity index (χ3n) is 7.23. The summed E-state index contributed by atoms with van der Waals surface area (Å²) in [6, 6.07) is 8.49. The monoisotopic (exact) mass is 306 g/mol. The molecule has 2 aliphatic carbocycles. The molecule has 0 N–H and O–H groups in total. The first-order chi connectivity index (χ1) is 11.2. The van der Waals surface area contributed by atoms with E-state index in [-0.39, 0.29) is 34.9 Å². The number of nitrogens with zero attached hydrogens (tertiary/aromatic N) is 2. The van der Waals surface area contributed by atoms with Gasteiger partial charge in [-0.1, -0.05) is 25.1 Å². The van der Waals surface area contributed by atoms with E-state index in [0.29, 0.717) is 5.92 Å². The second-order valence-corrected chi connectivity index (χ2v) is 7.69. The van der Waals surface area contributed by atoms with Crippen LogP contribution < -0.4 is 0 Å². The van der Waals surface area contributed by atoms with Gasteiger partial charge < -0.3 is 4.74 Å². The van der Waals surface area contributed by atoms with Crippen LogP contribution in [0, 0.1) is 17.3 Å². The van der Waals surface area contributed by atoms with Gasteiger partial charge in [0.25, 0.3) is 0 Å². The number of carbonyl (C=O) groups excluding carboxylic acids is 1. The number of aliphatic imine (C=N–C) groups is 2. The molecule has 0 aromatic heterocycles. The van der Waals surface area contributed by atoms with E-state index >= 15 is 0 Å². The maximum atomic E-state index is 12.8. The average molecular weight is 306 g/mol. The molecule has 6 atom stereocenters. The van der Waals surface area contributed by atoms with Gasteiger partial charge in [0.1, 0.15) is 6.10 Å². The second kappa shape index (κ2) is 3.58. The van der Waals surface area contributed by atoms with Crippen molar-refractivity contribution in [1.82, 2.24) is 0 Å². The lowest BCUT2D eigenvalue weighted by Gasteiger charge is -2.65. The Morgan fingerprint density at radius 2 is 2.22 bits per heavy atom. The summed E-state index contributed by atoms with van der Waals surface area (Å²) >= 11 is 0. The summed E-state index contributed by atoms with van der Waals surface area (Å²) in [5.41, 5.74) is 3.09. The van der Waals surface area contributed by atoms with Gasteiger partial charge in [-0.3, -0.25) is 14.8 Å². The summed E-state index contributed by atoms with van der Waals surface area (Å²) in [6.45, 7) is 2.21. The maximum absolute atomic E-state index is 12.8. The predicted octanol–water partition coefficient (Wildman–Crippen LogP) is 2.83. The molecule has 0 unspecified atom stereocenters. The number of ether oxygens (including phenoxy) is 1. The van der Waals surface area contributed by atoms with Crippen molar-refractivity contribution in [2.24, 2.45) is 27.2 Å². The van der Waals surface area contributed by atoms with Gasteiger partial charge in [-0.15, -0.1) is 0 Å². The van der Waals surface area contributed by atoms with Crippen molar-refractivity contribution in [2.45, 2.75) is 43.7 Å². The number of hydrogen-bond acceptors (Lipinski definition) is 4. The Balaban J connectivity index is 1.70. The van der Waals surface area contributed by atoms with Crippen molar-refractivity contribution in [1.29, 1.82) is 0 Å². The summed E-state index contributed by atoms with van der Waals surface area (Å²) in [6.07, 6.45) is 4.90.